The Morgan fingerprint density at radius 3 is 2.79 bits per heavy atom. The fourth-order valence-electron chi connectivity index (χ4n) is 1.71. The Hall–Kier alpha value is -1.33. The fourth-order valence-corrected chi connectivity index (χ4v) is 1.97. The molecule has 6 heteroatoms. The van der Waals surface area contributed by atoms with E-state index in [1.165, 1.54) is 6.20 Å². The van der Waals surface area contributed by atoms with Crippen LogP contribution in [0.4, 0.5) is 5.82 Å². The van der Waals surface area contributed by atoms with Gasteiger partial charge in [-0.05, 0) is 12.5 Å². The predicted octanol–water partition coefficient (Wildman–Crippen LogP) is 2.01. The third-order valence-corrected chi connectivity index (χ3v) is 3.05. The van der Waals surface area contributed by atoms with Gasteiger partial charge in [0.25, 0.3) is 5.91 Å². The number of unbranched alkanes of at least 4 members (excludes halogenated alkanes) is 1. The molecule has 0 fully saturated rings. The number of anilines is 1. The van der Waals surface area contributed by atoms with Crippen molar-refractivity contribution in [1.82, 2.24) is 9.88 Å². The molecule has 1 aromatic rings. The lowest BCUT2D eigenvalue weighted by atomic mass is 10.2. The number of aromatic nitrogens is 1. The van der Waals surface area contributed by atoms with Crippen molar-refractivity contribution in [3.05, 3.63) is 22.8 Å². The van der Waals surface area contributed by atoms with Crippen LogP contribution in [0.5, 0.6) is 0 Å². The van der Waals surface area contributed by atoms with Gasteiger partial charge in [0.15, 0.2) is 0 Å². The zero-order valence-corrected chi connectivity index (χ0v) is 12.1. The summed E-state index contributed by atoms with van der Waals surface area (Å²) in [5.74, 6) is 0.389. The molecule has 0 bridgehead atoms. The topological polar surface area (TPSA) is 65.5 Å². The minimum Gasteiger partial charge on any atom is -0.395 e. The van der Waals surface area contributed by atoms with E-state index in [0.717, 1.165) is 12.8 Å². The summed E-state index contributed by atoms with van der Waals surface area (Å²) in [6.07, 6.45) is 3.39. The first-order chi connectivity index (χ1) is 9.13. The van der Waals surface area contributed by atoms with Gasteiger partial charge < -0.3 is 15.3 Å². The van der Waals surface area contributed by atoms with Crippen LogP contribution in [0.1, 0.15) is 30.1 Å². The maximum Gasteiger partial charge on any atom is 0.255 e. The Balaban J connectivity index is 2.86. The highest BCUT2D eigenvalue weighted by molar-refractivity contribution is 6.33. The van der Waals surface area contributed by atoms with Gasteiger partial charge in [0.2, 0.25) is 0 Å². The van der Waals surface area contributed by atoms with Crippen LogP contribution in [-0.2, 0) is 0 Å². The SMILES string of the molecule is CCCCN(CCO)C(=O)c1cnc(NC)c(Cl)c1. The molecule has 0 aliphatic carbocycles. The molecule has 0 saturated carbocycles. The Labute approximate surface area is 118 Å². The molecule has 0 aromatic carbocycles. The van der Waals surface area contributed by atoms with Gasteiger partial charge in [-0.25, -0.2) is 4.98 Å². The van der Waals surface area contributed by atoms with E-state index >= 15 is 0 Å². The number of carbonyl (C=O) groups excluding carboxylic acids is 1. The molecule has 0 saturated heterocycles. The van der Waals surface area contributed by atoms with Gasteiger partial charge in [-0.2, -0.15) is 0 Å². The molecule has 1 amide bonds. The summed E-state index contributed by atoms with van der Waals surface area (Å²) in [7, 11) is 1.72. The number of hydrogen-bond donors (Lipinski definition) is 2. The monoisotopic (exact) mass is 285 g/mol. The summed E-state index contributed by atoms with van der Waals surface area (Å²) >= 11 is 6.01. The van der Waals surface area contributed by atoms with Gasteiger partial charge in [-0.15, -0.1) is 0 Å². The lowest BCUT2D eigenvalue weighted by molar-refractivity contribution is 0.0719. The van der Waals surface area contributed by atoms with Gasteiger partial charge >= 0.3 is 0 Å². The normalized spacial score (nSPS) is 10.3. The highest BCUT2D eigenvalue weighted by atomic mass is 35.5. The van der Waals surface area contributed by atoms with E-state index in [1.807, 2.05) is 0 Å². The van der Waals surface area contributed by atoms with Gasteiger partial charge in [-0.3, -0.25) is 4.79 Å². The van der Waals surface area contributed by atoms with E-state index in [1.54, 1.807) is 18.0 Å². The number of pyridine rings is 1. The van der Waals surface area contributed by atoms with Crippen LogP contribution < -0.4 is 5.32 Å². The number of hydrogen-bond acceptors (Lipinski definition) is 4. The molecule has 19 heavy (non-hydrogen) atoms. The molecule has 1 heterocycles. The summed E-state index contributed by atoms with van der Waals surface area (Å²) in [4.78, 5) is 18.0. The lowest BCUT2D eigenvalue weighted by Gasteiger charge is -2.21. The first-order valence-electron chi connectivity index (χ1n) is 6.37. The van der Waals surface area contributed by atoms with Crippen molar-refractivity contribution in [3.63, 3.8) is 0 Å². The van der Waals surface area contributed by atoms with Crippen molar-refractivity contribution >= 4 is 23.3 Å². The van der Waals surface area contributed by atoms with E-state index in [9.17, 15) is 4.79 Å². The molecular weight excluding hydrogens is 266 g/mol. The highest BCUT2D eigenvalue weighted by Crippen LogP contribution is 2.20. The predicted molar refractivity (Wildman–Crippen MR) is 76.7 cm³/mol. The summed E-state index contributed by atoms with van der Waals surface area (Å²) in [6.45, 7) is 2.96. The van der Waals surface area contributed by atoms with Crippen LogP contribution in [0.15, 0.2) is 12.3 Å². The van der Waals surface area contributed by atoms with Crippen LogP contribution in [0, 0.1) is 0 Å². The van der Waals surface area contributed by atoms with E-state index in [0.29, 0.717) is 29.5 Å². The van der Waals surface area contributed by atoms with Crippen molar-refractivity contribution in [2.75, 3.05) is 32.1 Å². The molecule has 0 aliphatic rings. The number of nitrogens with zero attached hydrogens (tertiary/aromatic N) is 2. The second-order valence-electron chi connectivity index (χ2n) is 4.17. The maximum absolute atomic E-state index is 12.3. The first kappa shape index (κ1) is 15.7. The molecule has 1 rings (SSSR count). The van der Waals surface area contributed by atoms with E-state index in [2.05, 4.69) is 17.2 Å². The quantitative estimate of drug-likeness (QED) is 0.804. The Morgan fingerprint density at radius 1 is 1.53 bits per heavy atom. The summed E-state index contributed by atoms with van der Waals surface area (Å²) in [5, 5.41) is 12.3. The zero-order chi connectivity index (χ0) is 14.3. The fraction of sp³-hybridized carbons (Fsp3) is 0.538. The van der Waals surface area contributed by atoms with Crippen LogP contribution >= 0.6 is 11.6 Å². The molecule has 2 N–H and O–H groups in total. The second-order valence-corrected chi connectivity index (χ2v) is 4.58. The van der Waals surface area contributed by atoms with E-state index in [-0.39, 0.29) is 12.5 Å². The number of aliphatic hydroxyl groups excluding tert-OH is 1. The molecule has 0 spiro atoms. The molecule has 1 aromatic heterocycles. The lowest BCUT2D eigenvalue weighted by Crippen LogP contribution is -2.34. The number of amides is 1. The van der Waals surface area contributed by atoms with Crippen LogP contribution in [-0.4, -0.2) is 47.6 Å². The Bertz CT molecular complexity index is 426. The molecule has 0 atom stereocenters. The largest absolute Gasteiger partial charge is 0.395 e. The van der Waals surface area contributed by atoms with Gasteiger partial charge in [0, 0.05) is 26.3 Å². The van der Waals surface area contributed by atoms with Gasteiger partial charge in [0.05, 0.1) is 17.2 Å². The number of carbonyl (C=O) groups is 1. The highest BCUT2D eigenvalue weighted by Gasteiger charge is 2.16. The molecule has 106 valence electrons. The average Bonchev–Trinajstić information content (AvgIpc) is 2.42. The van der Waals surface area contributed by atoms with Crippen LogP contribution in [0.2, 0.25) is 5.02 Å². The zero-order valence-electron chi connectivity index (χ0n) is 11.3. The van der Waals surface area contributed by atoms with Crippen molar-refractivity contribution < 1.29 is 9.90 Å². The Morgan fingerprint density at radius 2 is 2.26 bits per heavy atom. The van der Waals surface area contributed by atoms with E-state index in [4.69, 9.17) is 16.7 Å². The third kappa shape index (κ3) is 4.36. The Kier molecular flexibility index (Phi) is 6.59. The molecular formula is C13H20ClN3O2. The van der Waals surface area contributed by atoms with Crippen LogP contribution in [0.25, 0.3) is 0 Å². The van der Waals surface area contributed by atoms with E-state index < -0.39 is 0 Å². The van der Waals surface area contributed by atoms with Gasteiger partial charge in [-0.1, -0.05) is 24.9 Å². The standard InChI is InChI=1S/C13H20ClN3O2/c1-3-4-5-17(6-7-18)13(19)10-8-11(14)12(15-2)16-9-10/h8-9,18H,3-7H2,1-2H3,(H,15,16). The van der Waals surface area contributed by atoms with Crippen molar-refractivity contribution in [2.45, 2.75) is 19.8 Å². The first-order valence-corrected chi connectivity index (χ1v) is 6.75. The smallest absolute Gasteiger partial charge is 0.255 e. The number of rotatable bonds is 7. The number of aliphatic hydroxyl groups is 1. The summed E-state index contributed by atoms with van der Waals surface area (Å²) < 4.78 is 0. The number of nitrogens with one attached hydrogen (secondary N) is 1. The second kappa shape index (κ2) is 7.96. The molecule has 0 aliphatic heterocycles. The molecule has 0 unspecified atom stereocenters. The number of halogens is 1. The van der Waals surface area contributed by atoms with Crippen LogP contribution in [0.3, 0.4) is 0 Å². The summed E-state index contributed by atoms with van der Waals surface area (Å²) in [5.41, 5.74) is 0.438. The van der Waals surface area contributed by atoms with Crippen molar-refractivity contribution in [2.24, 2.45) is 0 Å². The summed E-state index contributed by atoms with van der Waals surface area (Å²) in [6, 6.07) is 1.60. The molecule has 0 radical (unpaired) electrons. The molecule has 5 nitrogen and oxygen atoms in total. The minimum atomic E-state index is -0.153. The van der Waals surface area contributed by atoms with Gasteiger partial charge in [0.1, 0.15) is 5.82 Å². The average molecular weight is 286 g/mol. The van der Waals surface area contributed by atoms with Crippen molar-refractivity contribution in [1.29, 1.82) is 0 Å². The third-order valence-electron chi connectivity index (χ3n) is 2.76. The maximum atomic E-state index is 12.3. The minimum absolute atomic E-state index is 0.0504. The van der Waals surface area contributed by atoms with Crippen molar-refractivity contribution in [3.8, 4) is 0 Å².